The lowest BCUT2D eigenvalue weighted by Crippen LogP contribution is -2.63. The van der Waals surface area contributed by atoms with E-state index in [1.165, 1.54) is 5.57 Å². The van der Waals surface area contributed by atoms with E-state index in [2.05, 4.69) is 23.4 Å². The predicted molar refractivity (Wildman–Crippen MR) is 159 cm³/mol. The lowest BCUT2D eigenvalue weighted by Gasteiger charge is -2.60. The van der Waals surface area contributed by atoms with Crippen LogP contribution in [0.4, 0.5) is 0 Å². The summed E-state index contributed by atoms with van der Waals surface area (Å²) in [5, 5.41) is 29.5. The van der Waals surface area contributed by atoms with Crippen LogP contribution in [0.15, 0.2) is 36.0 Å². The van der Waals surface area contributed by atoms with Crippen LogP contribution < -0.4 is 11.1 Å². The lowest BCUT2D eigenvalue weighted by atomic mass is 9.45. The van der Waals surface area contributed by atoms with Gasteiger partial charge in [0.25, 0.3) is 5.91 Å². The normalized spacial score (nSPS) is 33.6. The fourth-order valence-electron chi connectivity index (χ4n) is 9.26. The van der Waals surface area contributed by atoms with Crippen LogP contribution in [0.2, 0.25) is 0 Å². The summed E-state index contributed by atoms with van der Waals surface area (Å²) in [5.74, 6) is -2.68. The van der Waals surface area contributed by atoms with Crippen molar-refractivity contribution in [3.8, 4) is 5.69 Å². The van der Waals surface area contributed by atoms with Gasteiger partial charge in [-0.15, -0.1) is 0 Å². The molecule has 1 heterocycles. The number of benzene rings is 1. The third-order valence-electron chi connectivity index (χ3n) is 11.2. The summed E-state index contributed by atoms with van der Waals surface area (Å²) < 4.78 is 7.58. The summed E-state index contributed by atoms with van der Waals surface area (Å²) in [4.78, 5) is 48.8. The number of aliphatic hydroxyl groups excluding tert-OH is 1. The van der Waals surface area contributed by atoms with Crippen LogP contribution in [0.25, 0.3) is 11.8 Å². The topological polar surface area (TPSA) is 174 Å². The first-order valence-electron chi connectivity index (χ1n) is 15.4. The van der Waals surface area contributed by atoms with Crippen LogP contribution in [0.5, 0.6) is 0 Å². The van der Waals surface area contributed by atoms with Gasteiger partial charge in [-0.2, -0.15) is 5.10 Å². The maximum atomic E-state index is 12.7. The van der Waals surface area contributed by atoms with Crippen LogP contribution >= 0.6 is 0 Å². The molecule has 6 rings (SSSR count). The van der Waals surface area contributed by atoms with E-state index in [1.807, 2.05) is 23.9 Å². The van der Waals surface area contributed by atoms with Gasteiger partial charge in [0.15, 0.2) is 0 Å². The Morgan fingerprint density at radius 2 is 1.98 bits per heavy atom. The van der Waals surface area contributed by atoms with Crippen molar-refractivity contribution in [1.29, 1.82) is 0 Å². The lowest BCUT2D eigenvalue weighted by molar-refractivity contribution is -0.210. The molecule has 5 N–H and O–H groups in total. The highest BCUT2D eigenvalue weighted by Crippen LogP contribution is 2.68. The van der Waals surface area contributed by atoms with Gasteiger partial charge in [0.05, 0.1) is 30.2 Å². The fourth-order valence-corrected chi connectivity index (χ4v) is 9.26. The average Bonchev–Trinajstić information content (AvgIpc) is 3.51. The van der Waals surface area contributed by atoms with E-state index in [0.717, 1.165) is 24.1 Å². The minimum atomic E-state index is -1.64. The summed E-state index contributed by atoms with van der Waals surface area (Å²) in [6, 6.07) is 7.02. The number of aliphatic carboxylic acids is 1. The van der Waals surface area contributed by atoms with Crippen molar-refractivity contribution < 1.29 is 34.1 Å². The van der Waals surface area contributed by atoms with Crippen molar-refractivity contribution in [2.24, 2.45) is 34.3 Å². The van der Waals surface area contributed by atoms with Gasteiger partial charge in [-0.3, -0.25) is 14.4 Å². The van der Waals surface area contributed by atoms with Crippen LogP contribution in [0, 0.1) is 28.6 Å². The number of carbonyl (C=O) groups excluding carboxylic acids is 3. The average molecular weight is 605 g/mol. The number of nitrogens with one attached hydrogen (secondary N) is 1. The van der Waals surface area contributed by atoms with Gasteiger partial charge in [-0.05, 0) is 91.5 Å². The van der Waals surface area contributed by atoms with E-state index < -0.39 is 40.9 Å². The molecule has 0 saturated heterocycles. The molecule has 0 spiro atoms. The molecular weight excluding hydrogens is 564 g/mol. The Morgan fingerprint density at radius 3 is 2.68 bits per heavy atom. The molecule has 11 heteroatoms. The third kappa shape index (κ3) is 4.38. The van der Waals surface area contributed by atoms with Crippen LogP contribution in [-0.4, -0.2) is 62.0 Å². The summed E-state index contributed by atoms with van der Waals surface area (Å²) >= 11 is 0. The van der Waals surface area contributed by atoms with E-state index in [0.29, 0.717) is 24.1 Å². The van der Waals surface area contributed by atoms with E-state index in [1.54, 1.807) is 25.1 Å². The second-order valence-corrected chi connectivity index (χ2v) is 13.5. The highest BCUT2D eigenvalue weighted by Gasteiger charge is 2.71. The minimum absolute atomic E-state index is 0.00241. The molecule has 234 valence electrons. The van der Waals surface area contributed by atoms with Gasteiger partial charge in [0.2, 0.25) is 11.5 Å². The molecule has 1 aromatic carbocycles. The Hall–Kier alpha value is -3.99. The monoisotopic (exact) mass is 604 g/mol. The number of hydrogen-bond acceptors (Lipinski definition) is 7. The molecule has 2 aromatic rings. The number of hydrogen-bond donors (Lipinski definition) is 4. The number of carboxylic acid groups (broad SMARTS) is 1. The number of carboxylic acids is 1. The van der Waals surface area contributed by atoms with E-state index in [9.17, 15) is 29.4 Å². The Bertz CT molecular complexity index is 1580. The quantitative estimate of drug-likeness (QED) is 0.349. The number of amides is 2. The molecule has 3 saturated carbocycles. The smallest absolute Gasteiger partial charge is 0.348 e. The number of fused-ring (bicyclic) bond motifs is 6. The molecule has 4 aliphatic carbocycles. The van der Waals surface area contributed by atoms with Crippen LogP contribution in [0.3, 0.4) is 0 Å². The standard InChI is InChI=1S/C33H40N4O7/c1-4-27(40)44-33(30(42)43)11-10-23-22-9-8-20-13-24-19(14-31(20,2)28(22)25(38)15-32(23,33)3)16-36-37(24)21-7-5-6-18(12-21)29(41)35-17-26(34)39/h5-7,12-13,16,22-23,25,28,38H,4,8-11,14-15,17H2,1-3H3,(H2,34,39)(H,35,41)(H,42,43)/t22-,23-,25-,28+,31-,32-,33-/m0/s1. The molecule has 4 aliphatic rings. The zero-order chi connectivity index (χ0) is 31.6. The number of ether oxygens (including phenoxy) is 1. The van der Waals surface area contributed by atoms with E-state index >= 15 is 0 Å². The molecule has 11 nitrogen and oxygen atoms in total. The van der Waals surface area contributed by atoms with E-state index in [4.69, 9.17) is 10.5 Å². The molecule has 1 aromatic heterocycles. The number of carbonyl (C=O) groups is 4. The Morgan fingerprint density at radius 1 is 1.20 bits per heavy atom. The van der Waals surface area contributed by atoms with Crippen molar-refractivity contribution in [2.45, 2.75) is 77.4 Å². The number of allylic oxidation sites excluding steroid dienone is 1. The highest BCUT2D eigenvalue weighted by molar-refractivity contribution is 5.96. The molecule has 7 atom stereocenters. The molecule has 0 unspecified atom stereocenters. The number of aromatic nitrogens is 2. The second kappa shape index (κ2) is 10.6. The molecule has 2 amide bonds. The summed E-state index contributed by atoms with van der Waals surface area (Å²) in [7, 11) is 0. The van der Waals surface area contributed by atoms with Gasteiger partial charge < -0.3 is 26.0 Å². The Labute approximate surface area is 255 Å². The number of nitrogens with zero attached hydrogens (tertiary/aromatic N) is 2. The molecule has 44 heavy (non-hydrogen) atoms. The van der Waals surface area contributed by atoms with Gasteiger partial charge in [-0.25, -0.2) is 9.48 Å². The first-order chi connectivity index (χ1) is 20.8. The number of rotatable bonds is 7. The summed E-state index contributed by atoms with van der Waals surface area (Å²) in [5.41, 5.74) is 6.58. The van der Waals surface area contributed by atoms with Gasteiger partial charge in [0.1, 0.15) is 0 Å². The molecule has 0 radical (unpaired) electrons. The Kier molecular flexibility index (Phi) is 7.22. The van der Waals surface area contributed by atoms with Crippen molar-refractivity contribution in [2.75, 3.05) is 6.54 Å². The van der Waals surface area contributed by atoms with Crippen LogP contribution in [0.1, 0.15) is 80.9 Å². The number of esters is 1. The van der Waals surface area contributed by atoms with Crippen molar-refractivity contribution in [3.63, 3.8) is 0 Å². The Balaban J connectivity index is 1.31. The van der Waals surface area contributed by atoms with E-state index in [-0.39, 0.29) is 49.0 Å². The summed E-state index contributed by atoms with van der Waals surface area (Å²) in [6.07, 6.45) is 6.75. The number of primary amides is 1. The first-order valence-corrected chi connectivity index (χ1v) is 15.4. The van der Waals surface area contributed by atoms with Crippen molar-refractivity contribution in [1.82, 2.24) is 15.1 Å². The third-order valence-corrected chi connectivity index (χ3v) is 11.2. The van der Waals surface area contributed by atoms with Crippen LogP contribution in [-0.2, 0) is 25.5 Å². The maximum Gasteiger partial charge on any atom is 0.348 e. The SMILES string of the molecule is CCC(=O)O[C@]1(C(=O)O)CC[C@H]2[C@@H]3CCC4=Cc5c(cnn5-c5cccc(C(=O)NCC(N)=O)c5)C[C@]4(C)[C@H]3[C@@H](O)C[C@@]21C. The van der Waals surface area contributed by atoms with Gasteiger partial charge in [0, 0.05) is 17.4 Å². The second-order valence-electron chi connectivity index (χ2n) is 13.5. The zero-order valence-corrected chi connectivity index (χ0v) is 25.3. The predicted octanol–water partition coefficient (Wildman–Crippen LogP) is 3.02. The maximum absolute atomic E-state index is 12.7. The summed E-state index contributed by atoms with van der Waals surface area (Å²) in [6.45, 7) is 5.52. The van der Waals surface area contributed by atoms with Gasteiger partial charge in [-0.1, -0.05) is 32.4 Å². The largest absolute Gasteiger partial charge is 0.478 e. The molecule has 3 fully saturated rings. The number of aliphatic hydroxyl groups is 1. The fraction of sp³-hybridized carbons (Fsp3) is 0.545. The molecule has 0 bridgehead atoms. The number of nitrogens with two attached hydrogens (primary N) is 1. The molecule has 0 aliphatic heterocycles. The zero-order valence-electron chi connectivity index (χ0n) is 25.3. The van der Waals surface area contributed by atoms with Crippen molar-refractivity contribution >= 4 is 29.8 Å². The minimum Gasteiger partial charge on any atom is -0.478 e. The van der Waals surface area contributed by atoms with Gasteiger partial charge >= 0.3 is 11.9 Å². The first kappa shape index (κ1) is 30.1. The van der Waals surface area contributed by atoms with Crippen molar-refractivity contribution in [3.05, 3.63) is 52.9 Å². The molecular formula is C33H40N4O7. The highest BCUT2D eigenvalue weighted by atomic mass is 16.6.